The van der Waals surface area contributed by atoms with Crippen LogP contribution < -0.4 is 15.4 Å². The summed E-state index contributed by atoms with van der Waals surface area (Å²) in [5.74, 6) is 2.21. The highest BCUT2D eigenvalue weighted by molar-refractivity contribution is 5.70. The van der Waals surface area contributed by atoms with Crippen LogP contribution in [0.3, 0.4) is 0 Å². The summed E-state index contributed by atoms with van der Waals surface area (Å²) in [7, 11) is 0. The standard InChI is InChI=1S/C22H24N4O/c1-15(2)27-20-11-7-6-10-18(20)24-21-14-19(16-8-4-3-5-9-16)25-22(26-21)23-17-12-13-17/h3-11,14-15,17H,12-13H2,1-2H3,(H2,23,24,25,26). The summed E-state index contributed by atoms with van der Waals surface area (Å²) in [5.41, 5.74) is 2.84. The van der Waals surface area contributed by atoms with Crippen molar-refractivity contribution in [3.63, 3.8) is 0 Å². The summed E-state index contributed by atoms with van der Waals surface area (Å²) in [5, 5.41) is 6.81. The topological polar surface area (TPSA) is 59.1 Å². The Bertz CT molecular complexity index is 907. The molecule has 1 aliphatic carbocycles. The van der Waals surface area contributed by atoms with Gasteiger partial charge in [0.25, 0.3) is 0 Å². The lowest BCUT2D eigenvalue weighted by atomic mass is 10.1. The molecule has 138 valence electrons. The van der Waals surface area contributed by atoms with Crippen LogP contribution in [0.5, 0.6) is 5.75 Å². The number of aromatic nitrogens is 2. The minimum Gasteiger partial charge on any atom is -0.489 e. The number of para-hydroxylation sites is 2. The van der Waals surface area contributed by atoms with E-state index in [2.05, 4.69) is 27.8 Å². The van der Waals surface area contributed by atoms with Crippen LogP contribution in [0.1, 0.15) is 26.7 Å². The fraction of sp³-hybridized carbons (Fsp3) is 0.273. The second kappa shape index (κ2) is 7.66. The van der Waals surface area contributed by atoms with Gasteiger partial charge in [0.15, 0.2) is 0 Å². The summed E-state index contributed by atoms with van der Waals surface area (Å²) in [6, 6.07) is 20.5. The Morgan fingerprint density at radius 2 is 1.70 bits per heavy atom. The van der Waals surface area contributed by atoms with Crippen LogP contribution in [-0.4, -0.2) is 22.1 Å². The zero-order valence-corrected chi connectivity index (χ0v) is 15.6. The molecule has 0 atom stereocenters. The molecule has 1 fully saturated rings. The Labute approximate surface area is 159 Å². The number of anilines is 3. The van der Waals surface area contributed by atoms with Crippen molar-refractivity contribution in [1.29, 1.82) is 0 Å². The number of hydrogen-bond donors (Lipinski definition) is 2. The van der Waals surface area contributed by atoms with Crippen molar-refractivity contribution in [2.75, 3.05) is 10.6 Å². The van der Waals surface area contributed by atoms with E-state index in [1.807, 2.05) is 62.4 Å². The quantitative estimate of drug-likeness (QED) is 0.603. The first-order chi connectivity index (χ1) is 13.2. The maximum Gasteiger partial charge on any atom is 0.225 e. The number of nitrogens with one attached hydrogen (secondary N) is 2. The lowest BCUT2D eigenvalue weighted by Gasteiger charge is -2.16. The molecular formula is C22H24N4O. The lowest BCUT2D eigenvalue weighted by Crippen LogP contribution is -2.09. The van der Waals surface area contributed by atoms with Crippen molar-refractivity contribution >= 4 is 17.5 Å². The van der Waals surface area contributed by atoms with Gasteiger partial charge in [0.05, 0.1) is 17.5 Å². The van der Waals surface area contributed by atoms with E-state index in [1.165, 1.54) is 12.8 Å². The molecule has 0 saturated heterocycles. The molecule has 4 rings (SSSR count). The molecule has 2 N–H and O–H groups in total. The van der Waals surface area contributed by atoms with Crippen molar-refractivity contribution in [3.05, 3.63) is 60.7 Å². The molecule has 1 heterocycles. The van der Waals surface area contributed by atoms with Crippen LogP contribution in [0.15, 0.2) is 60.7 Å². The minimum atomic E-state index is 0.102. The van der Waals surface area contributed by atoms with Gasteiger partial charge in [0.2, 0.25) is 5.95 Å². The van der Waals surface area contributed by atoms with Crippen molar-refractivity contribution in [1.82, 2.24) is 9.97 Å². The van der Waals surface area contributed by atoms with E-state index in [9.17, 15) is 0 Å². The summed E-state index contributed by atoms with van der Waals surface area (Å²) in [4.78, 5) is 9.37. The third kappa shape index (κ3) is 4.56. The Balaban J connectivity index is 1.67. The first kappa shape index (κ1) is 17.3. The SMILES string of the molecule is CC(C)Oc1ccccc1Nc1cc(-c2ccccc2)nc(NC2CC2)n1. The van der Waals surface area contributed by atoms with Crippen LogP contribution in [0.25, 0.3) is 11.3 Å². The fourth-order valence-corrected chi connectivity index (χ4v) is 2.81. The number of ether oxygens (including phenoxy) is 1. The van der Waals surface area contributed by atoms with E-state index in [0.717, 1.165) is 28.5 Å². The zero-order valence-electron chi connectivity index (χ0n) is 15.6. The predicted octanol–water partition coefficient (Wildman–Crippen LogP) is 5.25. The fourth-order valence-electron chi connectivity index (χ4n) is 2.81. The van der Waals surface area contributed by atoms with Crippen molar-refractivity contribution < 1.29 is 4.74 Å². The second-order valence-electron chi connectivity index (χ2n) is 7.03. The molecule has 0 spiro atoms. The molecule has 3 aromatic rings. The van der Waals surface area contributed by atoms with E-state index in [0.29, 0.717) is 12.0 Å². The van der Waals surface area contributed by atoms with Gasteiger partial charge in [-0.1, -0.05) is 42.5 Å². The molecule has 27 heavy (non-hydrogen) atoms. The maximum atomic E-state index is 5.92. The molecule has 5 heteroatoms. The molecule has 0 unspecified atom stereocenters. The molecule has 1 aromatic heterocycles. The van der Waals surface area contributed by atoms with Gasteiger partial charge in [-0.25, -0.2) is 4.98 Å². The molecule has 1 aliphatic rings. The first-order valence-electron chi connectivity index (χ1n) is 9.41. The number of rotatable bonds is 7. The third-order valence-electron chi connectivity index (χ3n) is 4.22. The number of hydrogen-bond acceptors (Lipinski definition) is 5. The highest BCUT2D eigenvalue weighted by Gasteiger charge is 2.22. The van der Waals surface area contributed by atoms with E-state index in [-0.39, 0.29) is 6.10 Å². The van der Waals surface area contributed by atoms with Crippen LogP contribution in [0, 0.1) is 0 Å². The van der Waals surface area contributed by atoms with Crippen LogP contribution in [0.2, 0.25) is 0 Å². The highest BCUT2D eigenvalue weighted by atomic mass is 16.5. The monoisotopic (exact) mass is 360 g/mol. The second-order valence-corrected chi connectivity index (χ2v) is 7.03. The Morgan fingerprint density at radius 1 is 0.963 bits per heavy atom. The summed E-state index contributed by atoms with van der Waals surface area (Å²) in [6.45, 7) is 4.04. The van der Waals surface area contributed by atoms with Crippen molar-refractivity contribution in [2.24, 2.45) is 0 Å². The Kier molecular flexibility index (Phi) is 4.92. The van der Waals surface area contributed by atoms with Crippen LogP contribution in [0.4, 0.5) is 17.5 Å². The minimum absolute atomic E-state index is 0.102. The molecule has 0 radical (unpaired) electrons. The van der Waals surface area contributed by atoms with Gasteiger partial charge in [-0.3, -0.25) is 0 Å². The molecule has 0 amide bonds. The summed E-state index contributed by atoms with van der Waals surface area (Å²) in [6.07, 6.45) is 2.45. The molecule has 0 bridgehead atoms. The zero-order chi connectivity index (χ0) is 18.6. The Morgan fingerprint density at radius 3 is 2.44 bits per heavy atom. The van der Waals surface area contributed by atoms with Gasteiger partial charge in [-0.15, -0.1) is 0 Å². The van der Waals surface area contributed by atoms with Crippen LogP contribution in [-0.2, 0) is 0 Å². The van der Waals surface area contributed by atoms with Gasteiger partial charge in [-0.05, 0) is 38.8 Å². The van der Waals surface area contributed by atoms with E-state index in [4.69, 9.17) is 9.72 Å². The molecule has 2 aromatic carbocycles. The van der Waals surface area contributed by atoms with E-state index in [1.54, 1.807) is 0 Å². The normalized spacial score (nSPS) is 13.4. The predicted molar refractivity (Wildman–Crippen MR) is 110 cm³/mol. The number of benzene rings is 2. The van der Waals surface area contributed by atoms with Gasteiger partial charge in [-0.2, -0.15) is 4.98 Å². The smallest absolute Gasteiger partial charge is 0.225 e. The molecule has 0 aliphatic heterocycles. The molecular weight excluding hydrogens is 336 g/mol. The molecule has 1 saturated carbocycles. The maximum absolute atomic E-state index is 5.92. The Hall–Kier alpha value is -3.08. The lowest BCUT2D eigenvalue weighted by molar-refractivity contribution is 0.244. The van der Waals surface area contributed by atoms with E-state index < -0.39 is 0 Å². The van der Waals surface area contributed by atoms with Gasteiger partial charge < -0.3 is 15.4 Å². The van der Waals surface area contributed by atoms with Crippen molar-refractivity contribution in [3.8, 4) is 17.0 Å². The average Bonchev–Trinajstić information content (AvgIpc) is 3.47. The highest BCUT2D eigenvalue weighted by Crippen LogP contribution is 2.31. The van der Waals surface area contributed by atoms with Gasteiger partial charge >= 0.3 is 0 Å². The summed E-state index contributed by atoms with van der Waals surface area (Å²) >= 11 is 0. The van der Waals surface area contributed by atoms with Gasteiger partial charge in [0.1, 0.15) is 11.6 Å². The summed E-state index contributed by atoms with van der Waals surface area (Å²) < 4.78 is 5.92. The van der Waals surface area contributed by atoms with Crippen molar-refractivity contribution in [2.45, 2.75) is 38.8 Å². The first-order valence-corrected chi connectivity index (χ1v) is 9.41. The van der Waals surface area contributed by atoms with Crippen LogP contribution >= 0.6 is 0 Å². The number of nitrogens with zero attached hydrogens (tertiary/aromatic N) is 2. The molecule has 5 nitrogen and oxygen atoms in total. The third-order valence-corrected chi connectivity index (χ3v) is 4.22. The average molecular weight is 360 g/mol. The van der Waals surface area contributed by atoms with E-state index >= 15 is 0 Å². The van der Waals surface area contributed by atoms with Gasteiger partial charge in [0, 0.05) is 17.7 Å². The largest absolute Gasteiger partial charge is 0.489 e.